The first kappa shape index (κ1) is 14.8. The minimum absolute atomic E-state index is 0.182. The highest BCUT2D eigenvalue weighted by Crippen LogP contribution is 2.22. The molecule has 0 spiro atoms. The summed E-state index contributed by atoms with van der Waals surface area (Å²) in [5.41, 5.74) is 0.182. The number of halogens is 2. The van der Waals surface area contributed by atoms with E-state index in [1.54, 1.807) is 11.0 Å². The largest absolute Gasteiger partial charge is 0.341 e. The van der Waals surface area contributed by atoms with Gasteiger partial charge in [0, 0.05) is 28.7 Å². The number of ketones is 1. The maximum atomic E-state index is 12.3. The first-order valence-corrected chi connectivity index (χ1v) is 6.97. The van der Waals surface area contributed by atoms with Crippen molar-refractivity contribution in [2.75, 3.05) is 13.1 Å². The molecule has 1 aromatic rings. The summed E-state index contributed by atoms with van der Waals surface area (Å²) in [6.07, 6.45) is 1.81. The molecule has 1 atom stereocenters. The number of hydrogen-bond acceptors (Lipinski definition) is 3. The van der Waals surface area contributed by atoms with Gasteiger partial charge in [-0.15, -0.1) is 0 Å². The van der Waals surface area contributed by atoms with E-state index in [1.165, 1.54) is 18.2 Å². The van der Waals surface area contributed by atoms with Crippen LogP contribution in [0.1, 0.15) is 23.2 Å². The van der Waals surface area contributed by atoms with E-state index in [1.807, 2.05) is 0 Å². The average molecular weight is 311 g/mol. The van der Waals surface area contributed by atoms with Crippen LogP contribution in [0.15, 0.2) is 18.2 Å². The fraction of sp³-hybridized carbons (Fsp3) is 0.357. The minimum Gasteiger partial charge on any atom is -0.341 e. The summed E-state index contributed by atoms with van der Waals surface area (Å²) in [7, 11) is 0. The van der Waals surface area contributed by atoms with Gasteiger partial charge in [-0.2, -0.15) is 5.26 Å². The Morgan fingerprint density at radius 2 is 1.70 bits per heavy atom. The van der Waals surface area contributed by atoms with Crippen LogP contribution >= 0.6 is 23.2 Å². The second-order valence-electron chi connectivity index (χ2n) is 4.62. The van der Waals surface area contributed by atoms with Gasteiger partial charge in [-0.05, 0) is 31.0 Å². The molecule has 20 heavy (non-hydrogen) atoms. The number of hydrogen-bond donors (Lipinski definition) is 0. The third-order valence-electron chi connectivity index (χ3n) is 3.20. The van der Waals surface area contributed by atoms with E-state index in [2.05, 4.69) is 0 Å². The number of carbonyl (C=O) groups excluding carboxylic acids is 2. The summed E-state index contributed by atoms with van der Waals surface area (Å²) in [6.45, 7) is 1.20. The molecule has 0 saturated carbocycles. The summed E-state index contributed by atoms with van der Waals surface area (Å²) >= 11 is 11.7. The number of likely N-dealkylation sites (tertiary alicyclic amines) is 1. The van der Waals surface area contributed by atoms with Crippen LogP contribution in [0.2, 0.25) is 10.0 Å². The topological polar surface area (TPSA) is 61.2 Å². The molecular formula is C14H12Cl2N2O2. The fourth-order valence-electron chi connectivity index (χ4n) is 2.21. The van der Waals surface area contributed by atoms with Gasteiger partial charge in [-0.25, -0.2) is 0 Å². The van der Waals surface area contributed by atoms with E-state index in [4.69, 9.17) is 28.5 Å². The third kappa shape index (κ3) is 3.12. The lowest BCUT2D eigenvalue weighted by molar-refractivity contribution is -0.131. The zero-order valence-corrected chi connectivity index (χ0v) is 12.1. The summed E-state index contributed by atoms with van der Waals surface area (Å²) < 4.78 is 0. The zero-order valence-electron chi connectivity index (χ0n) is 10.6. The van der Waals surface area contributed by atoms with Crippen molar-refractivity contribution in [2.24, 2.45) is 5.92 Å². The Bertz CT molecular complexity index is 569. The second-order valence-corrected chi connectivity index (χ2v) is 5.49. The molecule has 104 valence electrons. The number of Topliss-reactive ketones (excluding diaryl/α,β-unsaturated/α-hetero) is 1. The molecule has 0 unspecified atom stereocenters. The Balaban J connectivity index is 2.24. The molecular weight excluding hydrogens is 299 g/mol. The third-order valence-corrected chi connectivity index (χ3v) is 3.64. The number of carbonyl (C=O) groups is 2. The number of nitriles is 1. The molecule has 1 fully saturated rings. The van der Waals surface area contributed by atoms with Crippen LogP contribution in [-0.2, 0) is 4.79 Å². The highest BCUT2D eigenvalue weighted by molar-refractivity contribution is 6.35. The lowest BCUT2D eigenvalue weighted by Crippen LogP contribution is -2.37. The summed E-state index contributed by atoms with van der Waals surface area (Å²) in [5.74, 6) is -2.33. The molecule has 0 aliphatic carbocycles. The number of benzene rings is 1. The highest BCUT2D eigenvalue weighted by Gasteiger charge is 2.32. The molecule has 6 heteroatoms. The Labute approximate surface area is 126 Å². The average Bonchev–Trinajstić information content (AvgIpc) is 2.92. The molecule has 1 aliphatic rings. The van der Waals surface area contributed by atoms with Gasteiger partial charge in [0.25, 0.3) is 0 Å². The van der Waals surface area contributed by atoms with Crippen molar-refractivity contribution in [1.82, 2.24) is 4.90 Å². The Kier molecular flexibility index (Phi) is 4.64. The molecule has 4 nitrogen and oxygen atoms in total. The SMILES string of the molecule is N#C[C@H](C(=O)c1cc(Cl)cc(Cl)c1)C(=O)N1CCCC1. The number of rotatable bonds is 3. The Morgan fingerprint density at radius 1 is 1.15 bits per heavy atom. The normalized spacial score (nSPS) is 15.8. The van der Waals surface area contributed by atoms with Gasteiger partial charge in [0.05, 0.1) is 6.07 Å². The Hall–Kier alpha value is -1.57. The van der Waals surface area contributed by atoms with Gasteiger partial charge in [-0.3, -0.25) is 9.59 Å². The number of amides is 1. The fourth-order valence-corrected chi connectivity index (χ4v) is 2.73. The first-order valence-electron chi connectivity index (χ1n) is 6.21. The van der Waals surface area contributed by atoms with Crippen molar-refractivity contribution in [3.63, 3.8) is 0 Å². The highest BCUT2D eigenvalue weighted by atomic mass is 35.5. The molecule has 1 heterocycles. The van der Waals surface area contributed by atoms with Crippen LogP contribution in [0, 0.1) is 17.2 Å². The van der Waals surface area contributed by atoms with Crippen molar-refractivity contribution < 1.29 is 9.59 Å². The molecule has 0 radical (unpaired) electrons. The lowest BCUT2D eigenvalue weighted by Gasteiger charge is -2.18. The molecule has 2 rings (SSSR count). The molecule has 1 aromatic carbocycles. The quantitative estimate of drug-likeness (QED) is 0.637. The van der Waals surface area contributed by atoms with Crippen LogP contribution in [-0.4, -0.2) is 29.7 Å². The van der Waals surface area contributed by atoms with Crippen molar-refractivity contribution in [3.05, 3.63) is 33.8 Å². The smallest absolute Gasteiger partial charge is 0.247 e. The predicted molar refractivity (Wildman–Crippen MR) is 75.7 cm³/mol. The summed E-state index contributed by atoms with van der Waals surface area (Å²) in [5, 5.41) is 9.74. The van der Waals surface area contributed by atoms with E-state index in [0.29, 0.717) is 23.1 Å². The van der Waals surface area contributed by atoms with Crippen LogP contribution in [0.5, 0.6) is 0 Å². The van der Waals surface area contributed by atoms with Crippen molar-refractivity contribution in [1.29, 1.82) is 5.26 Å². The van der Waals surface area contributed by atoms with Crippen LogP contribution in [0.3, 0.4) is 0 Å². The van der Waals surface area contributed by atoms with Gasteiger partial charge in [0.2, 0.25) is 5.91 Å². The summed E-state index contributed by atoms with van der Waals surface area (Å²) in [6, 6.07) is 6.11. The van der Waals surface area contributed by atoms with Crippen LogP contribution in [0.25, 0.3) is 0 Å². The zero-order chi connectivity index (χ0) is 14.7. The van der Waals surface area contributed by atoms with E-state index in [0.717, 1.165) is 12.8 Å². The summed E-state index contributed by atoms with van der Waals surface area (Å²) in [4.78, 5) is 26.0. The van der Waals surface area contributed by atoms with E-state index in [-0.39, 0.29) is 5.56 Å². The van der Waals surface area contributed by atoms with Gasteiger partial charge in [-0.1, -0.05) is 23.2 Å². The minimum atomic E-state index is -1.33. The maximum Gasteiger partial charge on any atom is 0.247 e. The van der Waals surface area contributed by atoms with Gasteiger partial charge < -0.3 is 4.90 Å². The predicted octanol–water partition coefficient (Wildman–Crippen LogP) is 2.94. The molecule has 1 aliphatic heterocycles. The molecule has 0 aromatic heterocycles. The van der Waals surface area contributed by atoms with Crippen LogP contribution in [0.4, 0.5) is 0 Å². The first-order chi connectivity index (χ1) is 9.52. The van der Waals surface area contributed by atoms with Crippen LogP contribution < -0.4 is 0 Å². The van der Waals surface area contributed by atoms with Gasteiger partial charge >= 0.3 is 0 Å². The van der Waals surface area contributed by atoms with E-state index in [9.17, 15) is 9.59 Å². The molecule has 0 bridgehead atoms. The maximum absolute atomic E-state index is 12.3. The van der Waals surface area contributed by atoms with Crippen molar-refractivity contribution in [3.8, 4) is 6.07 Å². The van der Waals surface area contributed by atoms with Crippen molar-refractivity contribution in [2.45, 2.75) is 12.8 Å². The monoisotopic (exact) mass is 310 g/mol. The van der Waals surface area contributed by atoms with Gasteiger partial charge in [0.1, 0.15) is 0 Å². The molecule has 0 N–H and O–H groups in total. The van der Waals surface area contributed by atoms with E-state index >= 15 is 0 Å². The molecule has 1 saturated heterocycles. The second kappa shape index (κ2) is 6.25. The lowest BCUT2D eigenvalue weighted by atomic mass is 9.97. The van der Waals surface area contributed by atoms with Gasteiger partial charge in [0.15, 0.2) is 11.7 Å². The standard InChI is InChI=1S/C14H12Cl2N2O2/c15-10-5-9(6-11(16)7-10)13(19)12(8-17)14(20)18-3-1-2-4-18/h5-7,12H,1-4H2/t12-/m1/s1. The van der Waals surface area contributed by atoms with E-state index < -0.39 is 17.6 Å². The Morgan fingerprint density at radius 3 is 2.20 bits per heavy atom. The van der Waals surface area contributed by atoms with Crippen molar-refractivity contribution >= 4 is 34.9 Å². The molecule has 1 amide bonds. The number of nitrogens with zero attached hydrogens (tertiary/aromatic N) is 2.